The monoisotopic (exact) mass is 839 g/mol. The van der Waals surface area contributed by atoms with Gasteiger partial charge in [0.05, 0.1) is 0 Å². The lowest BCUT2D eigenvalue weighted by Gasteiger charge is -2.38. The maximum Gasteiger partial charge on any atom is 0.127 e. The van der Waals surface area contributed by atoms with Crippen LogP contribution in [-0.4, -0.2) is 10.7 Å². The average Bonchev–Trinajstić information content (AvgIpc) is 3.19. The molecule has 0 radical (unpaired) electrons. The number of phenols is 1. The molecule has 0 fully saturated rings. The standard InChI is InChI=1S/C59H98O2/c1-44(2)24-17-27-47(5)30-18-28-45(3)25-15-16-26-46(4)29-19-31-48(6)33-21-36-51(9)39-40-52(10)37-22-34-49(7)32-20-35-50(8)38-23-42-59(14)43-41-56-55(13)57(60)53(11)54(12)58(56)61-59/h24-26,30-31,36,49-50,52,60H,15-23,27-29,32-35,37-43H2,1-14H3/b45-25+,46-26+,47-30+,48-31+,51-36+. The normalized spacial score (nSPS) is 18.2. The summed E-state index contributed by atoms with van der Waals surface area (Å²) in [4.78, 5) is 0. The van der Waals surface area contributed by atoms with Crippen LogP contribution < -0.4 is 4.74 Å². The third kappa shape index (κ3) is 23.0. The minimum absolute atomic E-state index is 0.0942. The van der Waals surface area contributed by atoms with Gasteiger partial charge in [0.1, 0.15) is 17.1 Å². The number of hydrogen-bond donors (Lipinski definition) is 1. The second kappa shape index (κ2) is 29.6. The molecule has 1 heterocycles. The van der Waals surface area contributed by atoms with Gasteiger partial charge in [-0.05, 0) is 213 Å². The molecule has 1 aromatic carbocycles. The molecule has 1 aliphatic heterocycles. The summed E-state index contributed by atoms with van der Waals surface area (Å²) >= 11 is 0. The van der Waals surface area contributed by atoms with Crippen LogP contribution in [0.3, 0.4) is 0 Å². The molecule has 0 saturated carbocycles. The topological polar surface area (TPSA) is 29.5 Å². The first-order chi connectivity index (χ1) is 28.9. The van der Waals surface area contributed by atoms with E-state index < -0.39 is 0 Å². The molecule has 0 aromatic heterocycles. The van der Waals surface area contributed by atoms with Gasteiger partial charge in [-0.15, -0.1) is 0 Å². The molecule has 0 aliphatic carbocycles. The Morgan fingerprint density at radius 1 is 0.525 bits per heavy atom. The molecule has 346 valence electrons. The highest BCUT2D eigenvalue weighted by Gasteiger charge is 2.34. The highest BCUT2D eigenvalue weighted by molar-refractivity contribution is 5.58. The first-order valence-corrected chi connectivity index (χ1v) is 25.3. The fraction of sp³-hybridized carbons (Fsp3) is 0.695. The third-order valence-electron chi connectivity index (χ3n) is 14.2. The molecule has 2 heteroatoms. The number of aromatic hydroxyl groups is 1. The Balaban J connectivity index is 1.52. The Bertz CT molecular complexity index is 1620. The van der Waals surface area contributed by atoms with E-state index in [0.29, 0.717) is 5.75 Å². The van der Waals surface area contributed by atoms with Crippen molar-refractivity contribution in [3.05, 3.63) is 92.1 Å². The molecule has 4 atom stereocenters. The highest BCUT2D eigenvalue weighted by atomic mass is 16.5. The number of rotatable bonds is 30. The second-order valence-electron chi connectivity index (χ2n) is 21.0. The number of unbranched alkanes of at least 4 members (excludes halogenated alkanes) is 1. The Labute approximate surface area is 380 Å². The minimum atomic E-state index is -0.0942. The smallest absolute Gasteiger partial charge is 0.127 e. The summed E-state index contributed by atoms with van der Waals surface area (Å²) < 4.78 is 6.69. The van der Waals surface area contributed by atoms with Crippen LogP contribution in [-0.2, 0) is 6.42 Å². The van der Waals surface area contributed by atoms with E-state index >= 15 is 0 Å². The third-order valence-corrected chi connectivity index (χ3v) is 14.2. The maximum absolute atomic E-state index is 10.5. The van der Waals surface area contributed by atoms with Gasteiger partial charge < -0.3 is 9.84 Å². The van der Waals surface area contributed by atoms with E-state index in [1.165, 1.54) is 143 Å². The van der Waals surface area contributed by atoms with Crippen LogP contribution in [0.4, 0.5) is 0 Å². The highest BCUT2D eigenvalue weighted by Crippen LogP contribution is 2.44. The van der Waals surface area contributed by atoms with E-state index in [2.05, 4.69) is 120 Å². The van der Waals surface area contributed by atoms with Gasteiger partial charge in [-0.3, -0.25) is 0 Å². The van der Waals surface area contributed by atoms with Crippen molar-refractivity contribution in [2.45, 2.75) is 250 Å². The van der Waals surface area contributed by atoms with Crippen LogP contribution in [0.25, 0.3) is 0 Å². The summed E-state index contributed by atoms with van der Waals surface area (Å²) in [5, 5.41) is 10.5. The predicted octanol–water partition coefficient (Wildman–Crippen LogP) is 19.2. The van der Waals surface area contributed by atoms with Crippen LogP contribution in [0.1, 0.15) is 240 Å². The first kappa shape index (κ1) is 54.4. The number of phenolic OH excluding ortho intramolecular Hbond substituents is 1. The average molecular weight is 839 g/mol. The van der Waals surface area contributed by atoms with Gasteiger partial charge in [0.25, 0.3) is 0 Å². The molecule has 1 N–H and O–H groups in total. The number of fused-ring (bicyclic) bond motifs is 1. The van der Waals surface area contributed by atoms with Crippen molar-refractivity contribution in [1.82, 2.24) is 0 Å². The second-order valence-corrected chi connectivity index (χ2v) is 21.0. The maximum atomic E-state index is 10.5. The molecule has 0 spiro atoms. The van der Waals surface area contributed by atoms with Crippen molar-refractivity contribution in [2.75, 3.05) is 0 Å². The molecule has 4 unspecified atom stereocenters. The summed E-state index contributed by atoms with van der Waals surface area (Å²) in [5.74, 6) is 3.94. The van der Waals surface area contributed by atoms with E-state index in [-0.39, 0.29) is 5.60 Å². The van der Waals surface area contributed by atoms with Crippen molar-refractivity contribution in [3.63, 3.8) is 0 Å². The summed E-state index contributed by atoms with van der Waals surface area (Å²) in [5.41, 5.74) is 13.3. The lowest BCUT2D eigenvalue weighted by molar-refractivity contribution is 0.0511. The number of hydrogen-bond acceptors (Lipinski definition) is 2. The predicted molar refractivity (Wildman–Crippen MR) is 272 cm³/mol. The van der Waals surface area contributed by atoms with Crippen molar-refractivity contribution >= 4 is 0 Å². The minimum Gasteiger partial charge on any atom is -0.507 e. The lowest BCUT2D eigenvalue weighted by Crippen LogP contribution is -2.37. The first-order valence-electron chi connectivity index (χ1n) is 25.3. The zero-order valence-corrected chi connectivity index (χ0v) is 42.8. The Hall–Kier alpha value is -2.74. The van der Waals surface area contributed by atoms with Crippen molar-refractivity contribution in [2.24, 2.45) is 17.8 Å². The summed E-state index contributed by atoms with van der Waals surface area (Å²) in [6, 6.07) is 0. The lowest BCUT2D eigenvalue weighted by atomic mass is 9.84. The van der Waals surface area contributed by atoms with Gasteiger partial charge in [0, 0.05) is 5.56 Å². The molecule has 2 nitrogen and oxygen atoms in total. The largest absolute Gasteiger partial charge is 0.507 e. The summed E-state index contributed by atoms with van der Waals surface area (Å²) in [7, 11) is 0. The fourth-order valence-electron chi connectivity index (χ4n) is 9.23. The SMILES string of the molecule is CC(C)=CCC/C(C)=C/CC/C(C)=C/CC/C=C(\C)CC/C=C(\C)CC/C=C(\C)CCC(C)CCCC(C)CCCC(C)CCCC1(C)CCc2c(C)c(O)c(C)c(C)c2O1. The number of allylic oxidation sites excluding steroid dienone is 12. The van der Waals surface area contributed by atoms with Gasteiger partial charge in [0.2, 0.25) is 0 Å². The van der Waals surface area contributed by atoms with Crippen molar-refractivity contribution in [1.29, 1.82) is 0 Å². The van der Waals surface area contributed by atoms with Gasteiger partial charge in [0.15, 0.2) is 0 Å². The van der Waals surface area contributed by atoms with Crippen molar-refractivity contribution < 1.29 is 9.84 Å². The van der Waals surface area contributed by atoms with Crippen molar-refractivity contribution in [3.8, 4) is 11.5 Å². The zero-order valence-electron chi connectivity index (χ0n) is 42.8. The molecule has 2 rings (SSSR count). The molecule has 0 amide bonds. The van der Waals surface area contributed by atoms with E-state index in [4.69, 9.17) is 4.74 Å². The van der Waals surface area contributed by atoms with Gasteiger partial charge in [-0.25, -0.2) is 0 Å². The molecule has 1 aliphatic rings. The van der Waals surface area contributed by atoms with Gasteiger partial charge >= 0.3 is 0 Å². The molecule has 0 saturated heterocycles. The van der Waals surface area contributed by atoms with Crippen LogP contribution in [0, 0.1) is 38.5 Å². The molecule has 0 bridgehead atoms. The van der Waals surface area contributed by atoms with Crippen LogP contribution in [0.5, 0.6) is 11.5 Å². The summed E-state index contributed by atoms with van der Waals surface area (Å²) in [6.07, 6.45) is 42.9. The van der Waals surface area contributed by atoms with Crippen LogP contribution in [0.2, 0.25) is 0 Å². The molecule has 61 heavy (non-hydrogen) atoms. The Kier molecular flexibility index (Phi) is 26.4. The Morgan fingerprint density at radius 3 is 1.38 bits per heavy atom. The van der Waals surface area contributed by atoms with Gasteiger partial charge in [-0.1, -0.05) is 136 Å². The van der Waals surface area contributed by atoms with Gasteiger partial charge in [-0.2, -0.15) is 0 Å². The molecule has 1 aromatic rings. The fourth-order valence-corrected chi connectivity index (χ4v) is 9.23. The number of ether oxygens (including phenoxy) is 1. The van der Waals surface area contributed by atoms with E-state index in [9.17, 15) is 5.11 Å². The Morgan fingerprint density at radius 2 is 0.918 bits per heavy atom. The van der Waals surface area contributed by atoms with E-state index in [1.807, 2.05) is 13.8 Å². The van der Waals surface area contributed by atoms with E-state index in [0.717, 1.165) is 72.3 Å². The molecular formula is C59H98O2. The number of benzene rings is 1. The quantitative estimate of drug-likeness (QED) is 0.0618. The zero-order chi connectivity index (χ0) is 45.4. The van der Waals surface area contributed by atoms with Crippen LogP contribution >= 0.6 is 0 Å². The van der Waals surface area contributed by atoms with E-state index in [1.54, 1.807) is 11.1 Å². The molecular weight excluding hydrogens is 741 g/mol. The van der Waals surface area contributed by atoms with Crippen LogP contribution in [0.15, 0.2) is 69.9 Å². The summed E-state index contributed by atoms with van der Waals surface area (Å²) in [6.45, 7) is 31.8.